The van der Waals surface area contributed by atoms with Crippen LogP contribution in [0.15, 0.2) is 0 Å². The second-order valence-electron chi connectivity index (χ2n) is 4.27. The lowest BCUT2D eigenvalue weighted by atomic mass is 10.2. The molecular weight excluding hydrogens is 166 g/mol. The van der Waals surface area contributed by atoms with Gasteiger partial charge in [0.05, 0.1) is 20.6 Å². The monoisotopic (exact) mass is 188 g/mol. The number of aliphatic carboxylic acids is 1. The van der Waals surface area contributed by atoms with Crippen LogP contribution in [0.1, 0.15) is 32.6 Å². The van der Waals surface area contributed by atoms with Crippen LogP contribution in [-0.2, 0) is 4.79 Å². The molecule has 13 heavy (non-hydrogen) atoms. The van der Waals surface area contributed by atoms with Crippen LogP contribution in [0.4, 0.5) is 0 Å². The summed E-state index contributed by atoms with van der Waals surface area (Å²) in [5, 5.41) is 8.64. The van der Waals surface area contributed by atoms with Gasteiger partial charge in [-0.25, -0.2) is 4.79 Å². The van der Waals surface area contributed by atoms with E-state index in [1.807, 2.05) is 14.1 Å². The fourth-order valence-corrected chi connectivity index (χ4v) is 1.41. The third kappa shape index (κ3) is 7.78. The third-order valence-electron chi connectivity index (χ3n) is 2.18. The van der Waals surface area contributed by atoms with Gasteiger partial charge in [0.15, 0.2) is 6.54 Å². The van der Waals surface area contributed by atoms with Crippen molar-refractivity contribution in [1.29, 1.82) is 0 Å². The van der Waals surface area contributed by atoms with Gasteiger partial charge in [-0.05, 0) is 12.8 Å². The molecule has 0 aromatic rings. The lowest BCUT2D eigenvalue weighted by Gasteiger charge is -2.27. The van der Waals surface area contributed by atoms with E-state index in [2.05, 4.69) is 6.92 Å². The average molecular weight is 188 g/mol. The van der Waals surface area contributed by atoms with Crippen LogP contribution in [0.25, 0.3) is 0 Å². The quantitative estimate of drug-likeness (QED) is 0.488. The SMILES string of the molecule is CCCCCC[N+](C)(C)CC(=O)O. The molecule has 0 fully saturated rings. The molecule has 1 N–H and O–H groups in total. The Morgan fingerprint density at radius 1 is 1.23 bits per heavy atom. The minimum atomic E-state index is -0.708. The van der Waals surface area contributed by atoms with Crippen molar-refractivity contribution in [3.05, 3.63) is 0 Å². The molecule has 0 radical (unpaired) electrons. The Kier molecular flexibility index (Phi) is 5.71. The van der Waals surface area contributed by atoms with Crippen molar-refractivity contribution in [2.75, 3.05) is 27.2 Å². The molecule has 0 spiro atoms. The Bertz CT molecular complexity index is 155. The zero-order valence-corrected chi connectivity index (χ0v) is 9.05. The number of carboxylic acid groups (broad SMARTS) is 1. The molecule has 0 amide bonds. The topological polar surface area (TPSA) is 37.3 Å². The van der Waals surface area contributed by atoms with Gasteiger partial charge in [-0.1, -0.05) is 19.8 Å². The Morgan fingerprint density at radius 2 is 1.85 bits per heavy atom. The summed E-state index contributed by atoms with van der Waals surface area (Å²) >= 11 is 0. The van der Waals surface area contributed by atoms with Crippen LogP contribution in [0.5, 0.6) is 0 Å². The molecule has 0 aromatic carbocycles. The van der Waals surface area contributed by atoms with Gasteiger partial charge in [0.2, 0.25) is 0 Å². The maximum atomic E-state index is 10.5. The fraction of sp³-hybridized carbons (Fsp3) is 0.900. The van der Waals surface area contributed by atoms with Gasteiger partial charge in [-0.15, -0.1) is 0 Å². The molecule has 0 aromatic heterocycles. The van der Waals surface area contributed by atoms with E-state index in [1.54, 1.807) is 0 Å². The number of likely N-dealkylation sites (N-methyl/N-ethyl adjacent to an activating group) is 1. The summed E-state index contributed by atoms with van der Waals surface area (Å²) in [6, 6.07) is 0. The molecule has 0 saturated heterocycles. The number of nitrogens with zero attached hydrogens (tertiary/aromatic N) is 1. The molecule has 0 aliphatic heterocycles. The highest BCUT2D eigenvalue weighted by molar-refractivity contribution is 5.67. The molecule has 0 heterocycles. The first kappa shape index (κ1) is 12.4. The van der Waals surface area contributed by atoms with Crippen LogP contribution in [0.2, 0.25) is 0 Å². The van der Waals surface area contributed by atoms with Gasteiger partial charge in [-0.2, -0.15) is 0 Å². The van der Waals surface area contributed by atoms with E-state index in [-0.39, 0.29) is 6.54 Å². The van der Waals surface area contributed by atoms with Crippen molar-refractivity contribution >= 4 is 5.97 Å². The fourth-order valence-electron chi connectivity index (χ4n) is 1.41. The van der Waals surface area contributed by atoms with E-state index in [4.69, 9.17) is 5.11 Å². The summed E-state index contributed by atoms with van der Waals surface area (Å²) < 4.78 is 0.596. The van der Waals surface area contributed by atoms with Crippen LogP contribution >= 0.6 is 0 Å². The maximum absolute atomic E-state index is 10.5. The molecule has 78 valence electrons. The molecule has 0 saturated carbocycles. The highest BCUT2D eigenvalue weighted by Gasteiger charge is 2.18. The van der Waals surface area contributed by atoms with Gasteiger partial charge >= 0.3 is 5.97 Å². The number of carbonyl (C=O) groups is 1. The first-order valence-corrected chi connectivity index (χ1v) is 5.02. The van der Waals surface area contributed by atoms with Gasteiger partial charge in [0.25, 0.3) is 0 Å². The molecule has 0 bridgehead atoms. The standard InChI is InChI=1S/C10H21NO2/c1-4-5-6-7-8-11(2,3)9-10(12)13/h4-9H2,1-3H3/p+1. The van der Waals surface area contributed by atoms with E-state index >= 15 is 0 Å². The van der Waals surface area contributed by atoms with Crippen molar-refractivity contribution in [2.45, 2.75) is 32.6 Å². The van der Waals surface area contributed by atoms with E-state index in [1.165, 1.54) is 19.3 Å². The van der Waals surface area contributed by atoms with E-state index < -0.39 is 5.97 Å². The summed E-state index contributed by atoms with van der Waals surface area (Å²) in [5.74, 6) is -0.708. The Balaban J connectivity index is 3.56. The summed E-state index contributed by atoms with van der Waals surface area (Å²) in [5.41, 5.74) is 0. The Labute approximate surface area is 80.9 Å². The van der Waals surface area contributed by atoms with Gasteiger partial charge in [0, 0.05) is 0 Å². The third-order valence-corrected chi connectivity index (χ3v) is 2.18. The van der Waals surface area contributed by atoms with E-state index in [0.29, 0.717) is 4.48 Å². The van der Waals surface area contributed by atoms with Crippen molar-refractivity contribution in [3.8, 4) is 0 Å². The van der Waals surface area contributed by atoms with Crippen LogP contribution < -0.4 is 0 Å². The summed E-state index contributed by atoms with van der Waals surface area (Å²) in [7, 11) is 3.94. The number of rotatable bonds is 7. The molecule has 0 aliphatic rings. The van der Waals surface area contributed by atoms with Gasteiger partial charge in [0.1, 0.15) is 0 Å². The maximum Gasteiger partial charge on any atom is 0.359 e. The molecule has 0 aliphatic carbocycles. The number of hydrogen-bond donors (Lipinski definition) is 1. The zero-order chi connectivity index (χ0) is 10.3. The minimum Gasteiger partial charge on any atom is -0.477 e. The van der Waals surface area contributed by atoms with Crippen LogP contribution in [0.3, 0.4) is 0 Å². The summed E-state index contributed by atoms with van der Waals surface area (Å²) in [6.07, 6.45) is 4.84. The van der Waals surface area contributed by atoms with E-state index in [0.717, 1.165) is 13.0 Å². The predicted molar refractivity (Wildman–Crippen MR) is 53.6 cm³/mol. The summed E-state index contributed by atoms with van der Waals surface area (Å²) in [4.78, 5) is 10.5. The number of quaternary nitrogens is 1. The van der Waals surface area contributed by atoms with Crippen LogP contribution in [-0.4, -0.2) is 42.7 Å². The second-order valence-corrected chi connectivity index (χ2v) is 4.27. The lowest BCUT2D eigenvalue weighted by Crippen LogP contribution is -2.44. The minimum absolute atomic E-state index is 0.228. The second kappa shape index (κ2) is 5.97. The van der Waals surface area contributed by atoms with Gasteiger partial charge in [-0.3, -0.25) is 0 Å². The van der Waals surface area contributed by atoms with Crippen molar-refractivity contribution in [3.63, 3.8) is 0 Å². The number of carboxylic acids is 1. The first-order valence-electron chi connectivity index (χ1n) is 5.02. The largest absolute Gasteiger partial charge is 0.477 e. The van der Waals surface area contributed by atoms with Gasteiger partial charge < -0.3 is 9.59 Å². The van der Waals surface area contributed by atoms with Crippen molar-refractivity contribution in [2.24, 2.45) is 0 Å². The van der Waals surface area contributed by atoms with Crippen molar-refractivity contribution < 1.29 is 14.4 Å². The molecule has 0 unspecified atom stereocenters. The van der Waals surface area contributed by atoms with E-state index in [9.17, 15) is 4.79 Å². The number of unbranched alkanes of at least 4 members (excludes halogenated alkanes) is 3. The van der Waals surface area contributed by atoms with Crippen molar-refractivity contribution in [1.82, 2.24) is 0 Å². The average Bonchev–Trinajstić information content (AvgIpc) is 1.95. The van der Waals surface area contributed by atoms with Crippen LogP contribution in [0, 0.1) is 0 Å². The molecule has 3 nitrogen and oxygen atoms in total. The molecule has 0 rings (SSSR count). The Morgan fingerprint density at radius 3 is 2.31 bits per heavy atom. The lowest BCUT2D eigenvalue weighted by molar-refractivity contribution is -0.883. The zero-order valence-electron chi connectivity index (χ0n) is 9.05. The highest BCUT2D eigenvalue weighted by Crippen LogP contribution is 2.04. The molecule has 3 heteroatoms. The Hall–Kier alpha value is -0.570. The highest BCUT2D eigenvalue weighted by atomic mass is 16.4. The first-order chi connectivity index (χ1) is 5.98. The molecular formula is C10H22NO2+. The smallest absolute Gasteiger partial charge is 0.359 e. The number of hydrogen-bond acceptors (Lipinski definition) is 1. The molecule has 0 atom stereocenters. The summed E-state index contributed by atoms with van der Waals surface area (Å²) in [6.45, 7) is 3.37. The predicted octanol–water partition coefficient (Wildman–Crippen LogP) is 1.73. The normalized spacial score (nSPS) is 11.6.